The van der Waals surface area contributed by atoms with Crippen molar-refractivity contribution in [1.29, 1.82) is 0 Å². The number of hydrogen-bond donors (Lipinski definition) is 1. The molecule has 1 saturated heterocycles. The summed E-state index contributed by atoms with van der Waals surface area (Å²) in [5.41, 5.74) is 1.87. The van der Waals surface area contributed by atoms with Crippen LogP contribution < -0.4 is 5.32 Å². The number of nitrogens with one attached hydrogen (secondary N) is 1. The Bertz CT molecular complexity index is 901. The number of carbonyl (C=O) groups excluding carboxylic acids is 1. The average Bonchev–Trinajstić information content (AvgIpc) is 3.15. The molecule has 0 aliphatic carbocycles. The first-order valence-corrected chi connectivity index (χ1v) is 11.6. The van der Waals surface area contributed by atoms with Gasteiger partial charge in [0.25, 0.3) is 15.9 Å². The fraction of sp³-hybridized carbons (Fsp3) is 0.444. The van der Waals surface area contributed by atoms with Crippen LogP contribution in [0.1, 0.15) is 29.8 Å². The Morgan fingerprint density at radius 3 is 2.44 bits per heavy atom. The second-order valence-corrected chi connectivity index (χ2v) is 9.30. The van der Waals surface area contributed by atoms with E-state index in [-0.39, 0.29) is 10.6 Å². The molecule has 1 fully saturated rings. The summed E-state index contributed by atoms with van der Waals surface area (Å²) in [6, 6.07) is 7.51. The number of rotatable bonds is 6. The summed E-state index contributed by atoms with van der Waals surface area (Å²) in [5, 5.41) is 6.80. The molecule has 27 heavy (non-hydrogen) atoms. The molecule has 0 bridgehead atoms. The molecule has 0 radical (unpaired) electrons. The first-order chi connectivity index (χ1) is 13.0. The minimum atomic E-state index is -3.80. The zero-order valence-corrected chi connectivity index (χ0v) is 17.1. The van der Waals surface area contributed by atoms with Crippen molar-refractivity contribution >= 4 is 33.4 Å². The van der Waals surface area contributed by atoms with E-state index in [1.54, 1.807) is 11.8 Å². The fourth-order valence-corrected chi connectivity index (χ4v) is 5.52. The predicted molar refractivity (Wildman–Crippen MR) is 108 cm³/mol. The summed E-state index contributed by atoms with van der Waals surface area (Å²) in [6.45, 7) is 5.27. The van der Waals surface area contributed by atoms with Gasteiger partial charge in [-0.05, 0) is 31.0 Å². The number of carbonyl (C=O) groups is 1. The molecule has 1 aromatic carbocycles. The lowest BCUT2D eigenvalue weighted by atomic mass is 10.1. The lowest BCUT2D eigenvalue weighted by molar-refractivity contribution is 0.102. The van der Waals surface area contributed by atoms with Crippen molar-refractivity contribution in [3.05, 3.63) is 41.6 Å². The summed E-state index contributed by atoms with van der Waals surface area (Å²) in [7, 11) is -3.80. The van der Waals surface area contributed by atoms with Gasteiger partial charge in [-0.2, -0.15) is 21.2 Å². The van der Waals surface area contributed by atoms with Crippen LogP contribution in [0, 0.1) is 0 Å². The van der Waals surface area contributed by atoms with Gasteiger partial charge in [-0.25, -0.2) is 8.42 Å². The first-order valence-electron chi connectivity index (χ1n) is 9.01. The molecular weight excluding hydrogens is 384 g/mol. The highest BCUT2D eigenvalue weighted by Gasteiger charge is 2.33. The van der Waals surface area contributed by atoms with E-state index < -0.39 is 15.9 Å². The van der Waals surface area contributed by atoms with E-state index in [0.717, 1.165) is 23.5 Å². The SMILES string of the molecule is CCc1ccc(NC(=O)c2cn(CC)nc2S(=O)(=O)N2CCSCC2)cc1. The molecule has 2 aromatic rings. The Morgan fingerprint density at radius 1 is 1.19 bits per heavy atom. The number of nitrogens with zero attached hydrogens (tertiary/aromatic N) is 3. The van der Waals surface area contributed by atoms with E-state index in [1.807, 2.05) is 31.2 Å². The molecule has 1 amide bonds. The predicted octanol–water partition coefficient (Wildman–Crippen LogP) is 2.46. The summed E-state index contributed by atoms with van der Waals surface area (Å²) in [4.78, 5) is 12.8. The molecule has 146 valence electrons. The number of hydrogen-bond acceptors (Lipinski definition) is 5. The Labute approximate surface area is 164 Å². The van der Waals surface area contributed by atoms with Crippen molar-refractivity contribution < 1.29 is 13.2 Å². The zero-order valence-electron chi connectivity index (χ0n) is 15.5. The third-order valence-electron chi connectivity index (χ3n) is 4.47. The van der Waals surface area contributed by atoms with Gasteiger partial charge in [0.15, 0.2) is 0 Å². The van der Waals surface area contributed by atoms with Crippen molar-refractivity contribution in [3.63, 3.8) is 0 Å². The number of benzene rings is 1. The van der Waals surface area contributed by atoms with Crippen LogP contribution in [0.4, 0.5) is 5.69 Å². The number of aromatic nitrogens is 2. The van der Waals surface area contributed by atoms with Crippen molar-refractivity contribution in [2.24, 2.45) is 0 Å². The van der Waals surface area contributed by atoms with Crippen LogP contribution >= 0.6 is 11.8 Å². The van der Waals surface area contributed by atoms with Crippen molar-refractivity contribution in [2.75, 3.05) is 29.9 Å². The third kappa shape index (κ3) is 4.36. The largest absolute Gasteiger partial charge is 0.322 e. The standard InChI is InChI=1S/C18H24N4O3S2/c1-3-14-5-7-15(8-6-14)19-17(23)16-13-21(4-2)20-18(16)27(24,25)22-9-11-26-12-10-22/h5-8,13H,3-4,9-12H2,1-2H3,(H,19,23). The fourth-order valence-electron chi connectivity index (χ4n) is 2.84. The average molecular weight is 409 g/mol. The Kier molecular flexibility index (Phi) is 6.23. The Hall–Kier alpha value is -1.84. The maximum Gasteiger partial charge on any atom is 0.263 e. The van der Waals surface area contributed by atoms with Crippen LogP contribution in [0.5, 0.6) is 0 Å². The molecule has 7 nitrogen and oxygen atoms in total. The molecule has 0 unspecified atom stereocenters. The molecule has 0 spiro atoms. The first kappa shape index (κ1) is 19.9. The van der Waals surface area contributed by atoms with E-state index in [2.05, 4.69) is 17.3 Å². The number of anilines is 1. The highest BCUT2D eigenvalue weighted by Crippen LogP contribution is 2.23. The van der Waals surface area contributed by atoms with Crippen molar-refractivity contribution in [3.8, 4) is 0 Å². The number of amides is 1. The maximum absolute atomic E-state index is 13.0. The van der Waals surface area contributed by atoms with E-state index in [1.165, 1.54) is 15.2 Å². The summed E-state index contributed by atoms with van der Waals surface area (Å²) >= 11 is 1.72. The number of aryl methyl sites for hydroxylation is 2. The van der Waals surface area contributed by atoms with Gasteiger partial charge in [0.2, 0.25) is 5.03 Å². The lowest BCUT2D eigenvalue weighted by Crippen LogP contribution is -2.38. The number of sulfonamides is 1. The van der Waals surface area contributed by atoms with Gasteiger partial charge >= 0.3 is 0 Å². The molecule has 1 aliphatic rings. The van der Waals surface area contributed by atoms with Crippen LogP contribution in [0.3, 0.4) is 0 Å². The van der Waals surface area contributed by atoms with E-state index >= 15 is 0 Å². The quantitative estimate of drug-likeness (QED) is 0.794. The molecule has 1 N–H and O–H groups in total. The third-order valence-corrected chi connectivity index (χ3v) is 7.25. The van der Waals surface area contributed by atoms with Gasteiger partial charge in [0.1, 0.15) is 0 Å². The highest BCUT2D eigenvalue weighted by atomic mass is 32.2. The zero-order chi connectivity index (χ0) is 19.4. The van der Waals surface area contributed by atoms with Crippen LogP contribution in [-0.2, 0) is 23.0 Å². The Balaban J connectivity index is 1.90. The number of thioether (sulfide) groups is 1. The molecule has 0 atom stereocenters. The molecule has 3 rings (SSSR count). The molecule has 0 saturated carbocycles. The topological polar surface area (TPSA) is 84.3 Å². The highest BCUT2D eigenvalue weighted by molar-refractivity contribution is 7.99. The maximum atomic E-state index is 13.0. The normalized spacial score (nSPS) is 15.6. The van der Waals surface area contributed by atoms with Gasteiger partial charge < -0.3 is 5.32 Å². The van der Waals surface area contributed by atoms with Crippen LogP contribution in [0.2, 0.25) is 0 Å². The summed E-state index contributed by atoms with van der Waals surface area (Å²) < 4.78 is 29.0. The van der Waals surface area contributed by atoms with Gasteiger partial charge in [-0.15, -0.1) is 0 Å². The van der Waals surface area contributed by atoms with Crippen LogP contribution in [0.15, 0.2) is 35.5 Å². The smallest absolute Gasteiger partial charge is 0.263 e. The van der Waals surface area contributed by atoms with Crippen LogP contribution in [-0.4, -0.2) is 53.0 Å². The van der Waals surface area contributed by atoms with E-state index in [9.17, 15) is 13.2 Å². The van der Waals surface area contributed by atoms with Gasteiger partial charge in [-0.1, -0.05) is 19.1 Å². The van der Waals surface area contributed by atoms with E-state index in [4.69, 9.17) is 0 Å². The summed E-state index contributed by atoms with van der Waals surface area (Å²) in [5.74, 6) is 1.03. The van der Waals surface area contributed by atoms with E-state index in [0.29, 0.717) is 25.3 Å². The minimum Gasteiger partial charge on any atom is -0.322 e. The molecule has 2 heterocycles. The van der Waals surface area contributed by atoms with Crippen LogP contribution in [0.25, 0.3) is 0 Å². The molecule has 1 aliphatic heterocycles. The van der Waals surface area contributed by atoms with Gasteiger partial charge in [0.05, 0.1) is 5.56 Å². The van der Waals surface area contributed by atoms with Crippen molar-refractivity contribution in [2.45, 2.75) is 31.8 Å². The second-order valence-electron chi connectivity index (χ2n) is 6.22. The van der Waals surface area contributed by atoms with Crippen molar-refractivity contribution in [1.82, 2.24) is 14.1 Å². The molecular formula is C18H24N4O3S2. The van der Waals surface area contributed by atoms with Gasteiger partial charge in [0, 0.05) is 43.0 Å². The minimum absolute atomic E-state index is 0.0784. The summed E-state index contributed by atoms with van der Waals surface area (Å²) in [6.07, 6.45) is 2.41. The molecule has 1 aromatic heterocycles. The lowest BCUT2D eigenvalue weighted by Gasteiger charge is -2.24. The second kappa shape index (κ2) is 8.45. The monoisotopic (exact) mass is 408 g/mol. The molecule has 9 heteroatoms. The van der Waals surface area contributed by atoms with Gasteiger partial charge in [-0.3, -0.25) is 9.48 Å². The Morgan fingerprint density at radius 2 is 1.85 bits per heavy atom.